The fourth-order valence-corrected chi connectivity index (χ4v) is 4.97. The zero-order chi connectivity index (χ0) is 16.4. The summed E-state index contributed by atoms with van der Waals surface area (Å²) < 4.78 is 51.6. The molecule has 0 saturated heterocycles. The molecule has 0 fully saturated rings. The average molecular weight is 411 g/mol. The summed E-state index contributed by atoms with van der Waals surface area (Å²) >= 11 is 2.91. The molecule has 1 heterocycles. The number of nitrogens with one attached hydrogen (secondary N) is 1. The third-order valence-corrected chi connectivity index (χ3v) is 7.99. The van der Waals surface area contributed by atoms with E-state index < -0.39 is 20.0 Å². The van der Waals surface area contributed by atoms with Gasteiger partial charge in [-0.1, -0.05) is 28.9 Å². The van der Waals surface area contributed by atoms with Gasteiger partial charge >= 0.3 is 0 Å². The first-order valence-electron chi connectivity index (χ1n) is 6.99. The number of anilines is 2. The molecule has 1 N–H and O–H groups in total. The predicted molar refractivity (Wildman–Crippen MR) is 92.5 cm³/mol. The maximum atomic E-state index is 12.4. The van der Waals surface area contributed by atoms with Crippen LogP contribution in [0, 0.1) is 0 Å². The Balaban J connectivity index is 2.41. The van der Waals surface area contributed by atoms with Gasteiger partial charge in [-0.05, 0) is 37.0 Å². The van der Waals surface area contributed by atoms with Crippen molar-refractivity contribution >= 4 is 47.4 Å². The van der Waals surface area contributed by atoms with Gasteiger partial charge in [0, 0.05) is 6.54 Å². The van der Waals surface area contributed by atoms with Crippen molar-refractivity contribution in [2.45, 2.75) is 26.2 Å². The van der Waals surface area contributed by atoms with E-state index in [1.807, 2.05) is 6.92 Å². The van der Waals surface area contributed by atoms with E-state index >= 15 is 0 Å². The van der Waals surface area contributed by atoms with Crippen molar-refractivity contribution in [3.05, 3.63) is 23.8 Å². The molecule has 0 saturated carbocycles. The number of sulfonamides is 2. The summed E-state index contributed by atoms with van der Waals surface area (Å²) in [5.41, 5.74) is 1.87. The molecule has 0 aliphatic carbocycles. The highest BCUT2D eigenvalue weighted by Crippen LogP contribution is 2.32. The van der Waals surface area contributed by atoms with Gasteiger partial charge in [0.2, 0.25) is 20.0 Å². The van der Waals surface area contributed by atoms with Crippen LogP contribution in [0.5, 0.6) is 0 Å². The Morgan fingerprint density at radius 2 is 2.00 bits per heavy atom. The maximum Gasteiger partial charge on any atom is 0.242 e. The molecule has 124 valence electrons. The Labute approximate surface area is 140 Å². The van der Waals surface area contributed by atoms with Gasteiger partial charge in [0.1, 0.15) is 4.66 Å². The van der Waals surface area contributed by atoms with E-state index in [1.54, 1.807) is 18.2 Å². The lowest BCUT2D eigenvalue weighted by molar-refractivity contribution is 0.585. The van der Waals surface area contributed by atoms with E-state index in [1.165, 1.54) is 4.31 Å². The van der Waals surface area contributed by atoms with Crippen molar-refractivity contribution in [3.63, 3.8) is 0 Å². The van der Waals surface area contributed by atoms with Crippen LogP contribution >= 0.6 is 15.9 Å². The molecular formula is C13H19BrN2O4S2. The minimum absolute atomic E-state index is 0.0871. The third kappa shape index (κ3) is 3.94. The van der Waals surface area contributed by atoms with Gasteiger partial charge in [0.05, 0.1) is 17.1 Å². The lowest BCUT2D eigenvalue weighted by Gasteiger charge is -2.31. The molecule has 6 nitrogen and oxygen atoms in total. The van der Waals surface area contributed by atoms with Crippen molar-refractivity contribution in [1.29, 1.82) is 0 Å². The molecule has 2 rings (SSSR count). The lowest BCUT2D eigenvalue weighted by Crippen LogP contribution is -2.37. The second-order valence-corrected chi connectivity index (χ2v) is 10.2. The highest BCUT2D eigenvalue weighted by Gasteiger charge is 2.27. The van der Waals surface area contributed by atoms with Crippen molar-refractivity contribution in [2.75, 3.05) is 26.0 Å². The standard InChI is InChI=1S/C13H19BrN2O4S2/c1-2-8-22(19,20)16-7-3-4-11-5-6-12(9-13(11)16)15-21(17,18)10-14/h5-6,9,15H,2-4,7-8,10H2,1H3. The number of hydrogen-bond acceptors (Lipinski definition) is 4. The molecule has 0 aromatic heterocycles. The van der Waals surface area contributed by atoms with Crippen LogP contribution in [0.1, 0.15) is 25.3 Å². The summed E-state index contributed by atoms with van der Waals surface area (Å²) in [6.45, 7) is 2.26. The van der Waals surface area contributed by atoms with Gasteiger partial charge in [0.25, 0.3) is 0 Å². The lowest BCUT2D eigenvalue weighted by atomic mass is 10.0. The summed E-state index contributed by atoms with van der Waals surface area (Å²) in [7, 11) is -6.83. The molecule has 1 aromatic rings. The molecule has 0 atom stereocenters. The van der Waals surface area contributed by atoms with Gasteiger partial charge in [-0.15, -0.1) is 0 Å². The van der Waals surface area contributed by atoms with Crippen molar-refractivity contribution < 1.29 is 16.8 Å². The third-order valence-electron chi connectivity index (χ3n) is 3.38. The number of hydrogen-bond donors (Lipinski definition) is 1. The van der Waals surface area contributed by atoms with Crippen LogP contribution in [0.2, 0.25) is 0 Å². The SMILES string of the molecule is CCCS(=O)(=O)N1CCCc2ccc(NS(=O)(=O)CBr)cc21. The zero-order valence-electron chi connectivity index (χ0n) is 12.2. The number of alkyl halides is 1. The summed E-state index contributed by atoms with van der Waals surface area (Å²) in [6, 6.07) is 5.05. The molecule has 0 unspecified atom stereocenters. The van der Waals surface area contributed by atoms with Gasteiger partial charge in [-0.25, -0.2) is 16.8 Å². The topological polar surface area (TPSA) is 83.6 Å². The van der Waals surface area contributed by atoms with Crippen LogP contribution in [-0.2, 0) is 26.5 Å². The minimum Gasteiger partial charge on any atom is -0.283 e. The molecule has 0 bridgehead atoms. The Kier molecular flexibility index (Phi) is 5.39. The average Bonchev–Trinajstić information content (AvgIpc) is 2.46. The largest absolute Gasteiger partial charge is 0.283 e. The first kappa shape index (κ1) is 17.6. The first-order chi connectivity index (χ1) is 10.3. The number of halogens is 1. The smallest absolute Gasteiger partial charge is 0.242 e. The number of nitrogens with zero attached hydrogens (tertiary/aromatic N) is 1. The van der Waals surface area contributed by atoms with E-state index in [-0.39, 0.29) is 10.4 Å². The Morgan fingerprint density at radius 1 is 1.27 bits per heavy atom. The second-order valence-electron chi connectivity index (χ2n) is 5.16. The number of fused-ring (bicyclic) bond motifs is 1. The summed E-state index contributed by atoms with van der Waals surface area (Å²) in [6.07, 6.45) is 2.10. The van der Waals surface area contributed by atoms with Gasteiger partial charge in [-0.3, -0.25) is 9.03 Å². The van der Waals surface area contributed by atoms with E-state index in [0.29, 0.717) is 24.3 Å². The molecule has 0 radical (unpaired) electrons. The maximum absolute atomic E-state index is 12.4. The molecule has 1 aromatic carbocycles. The number of rotatable bonds is 6. The van der Waals surface area contributed by atoms with Crippen LogP contribution in [0.3, 0.4) is 0 Å². The quantitative estimate of drug-likeness (QED) is 0.728. The van der Waals surface area contributed by atoms with E-state index in [4.69, 9.17) is 0 Å². The van der Waals surface area contributed by atoms with Crippen LogP contribution in [-0.4, -0.2) is 33.8 Å². The fourth-order valence-electron chi connectivity index (χ4n) is 2.47. The van der Waals surface area contributed by atoms with Gasteiger partial charge < -0.3 is 0 Å². The van der Waals surface area contributed by atoms with Crippen molar-refractivity contribution in [1.82, 2.24) is 0 Å². The molecule has 1 aliphatic rings. The molecule has 1 aliphatic heterocycles. The Morgan fingerprint density at radius 3 is 2.64 bits per heavy atom. The molecule has 9 heteroatoms. The van der Waals surface area contributed by atoms with Crippen molar-refractivity contribution in [2.24, 2.45) is 0 Å². The molecule has 0 spiro atoms. The number of benzene rings is 1. The van der Waals surface area contributed by atoms with Gasteiger partial charge in [0.15, 0.2) is 0 Å². The summed E-state index contributed by atoms with van der Waals surface area (Å²) in [5.74, 6) is 0.0871. The monoisotopic (exact) mass is 410 g/mol. The summed E-state index contributed by atoms with van der Waals surface area (Å²) in [5, 5.41) is 0. The normalized spacial score (nSPS) is 15.5. The van der Waals surface area contributed by atoms with Crippen LogP contribution in [0.15, 0.2) is 18.2 Å². The van der Waals surface area contributed by atoms with Crippen LogP contribution in [0.25, 0.3) is 0 Å². The van der Waals surface area contributed by atoms with Crippen LogP contribution in [0.4, 0.5) is 11.4 Å². The molecule has 22 heavy (non-hydrogen) atoms. The molecular weight excluding hydrogens is 392 g/mol. The highest BCUT2D eigenvalue weighted by molar-refractivity contribution is 9.10. The Bertz CT molecular complexity index is 747. The minimum atomic E-state index is -3.46. The second kappa shape index (κ2) is 6.76. The Hall–Kier alpha value is -0.800. The van der Waals surface area contributed by atoms with E-state index in [0.717, 1.165) is 18.4 Å². The predicted octanol–water partition coefficient (Wildman–Crippen LogP) is 2.27. The van der Waals surface area contributed by atoms with Crippen LogP contribution < -0.4 is 9.03 Å². The number of aryl methyl sites for hydroxylation is 1. The first-order valence-corrected chi connectivity index (χ1v) is 11.4. The zero-order valence-corrected chi connectivity index (χ0v) is 15.5. The molecule has 0 amide bonds. The highest BCUT2D eigenvalue weighted by atomic mass is 79.9. The summed E-state index contributed by atoms with van der Waals surface area (Å²) in [4.78, 5) is 0. The van der Waals surface area contributed by atoms with E-state index in [2.05, 4.69) is 20.7 Å². The fraction of sp³-hybridized carbons (Fsp3) is 0.538. The van der Waals surface area contributed by atoms with E-state index in [9.17, 15) is 16.8 Å². The van der Waals surface area contributed by atoms with Crippen molar-refractivity contribution in [3.8, 4) is 0 Å². The van der Waals surface area contributed by atoms with Gasteiger partial charge in [-0.2, -0.15) is 0 Å².